The van der Waals surface area contributed by atoms with Crippen LogP contribution in [-0.4, -0.2) is 31.7 Å². The van der Waals surface area contributed by atoms with Gasteiger partial charge in [-0.1, -0.05) is 11.3 Å². The number of anilines is 1. The number of nitrogens with one attached hydrogen (secondary N) is 1. The molecule has 0 bridgehead atoms. The molecular weight excluding hydrogens is 282 g/mol. The average molecular weight is 291 g/mol. The normalized spacial score (nSPS) is 10.6. The van der Waals surface area contributed by atoms with Crippen LogP contribution in [0.15, 0.2) is 30.9 Å². The zero-order valence-corrected chi connectivity index (χ0v) is 11.5. The Labute approximate surface area is 118 Å². The highest BCUT2D eigenvalue weighted by molar-refractivity contribution is 7.80. The Morgan fingerprint density at radius 1 is 1.42 bits per heavy atom. The second kappa shape index (κ2) is 4.90. The van der Waals surface area contributed by atoms with Crippen molar-refractivity contribution in [2.75, 3.05) is 12.4 Å². The van der Waals surface area contributed by atoms with Crippen molar-refractivity contribution in [3.8, 4) is 5.88 Å². The summed E-state index contributed by atoms with van der Waals surface area (Å²) in [6.45, 7) is 0. The number of pyridine rings is 1. The second-order valence-electron chi connectivity index (χ2n) is 3.60. The Kier molecular flexibility index (Phi) is 3.10. The molecule has 3 aromatic heterocycles. The number of imidazole rings is 1. The van der Waals surface area contributed by atoms with Crippen molar-refractivity contribution in [3.63, 3.8) is 0 Å². The molecule has 0 aromatic carbocycles. The van der Waals surface area contributed by atoms with Crippen LogP contribution in [0.5, 0.6) is 5.88 Å². The molecule has 0 unspecified atom stereocenters. The van der Waals surface area contributed by atoms with Gasteiger partial charge in [0.25, 0.3) is 0 Å². The minimum Gasteiger partial charge on any atom is -0.481 e. The van der Waals surface area contributed by atoms with Crippen LogP contribution in [0.2, 0.25) is 0 Å². The third-order valence-corrected chi connectivity index (χ3v) is 3.59. The van der Waals surface area contributed by atoms with Crippen molar-refractivity contribution in [1.29, 1.82) is 0 Å². The van der Waals surface area contributed by atoms with Crippen LogP contribution in [0.1, 0.15) is 0 Å². The van der Waals surface area contributed by atoms with Crippen LogP contribution in [-0.2, 0) is 0 Å². The monoisotopic (exact) mass is 291 g/mol. The van der Waals surface area contributed by atoms with Crippen LogP contribution in [0.3, 0.4) is 0 Å². The molecule has 0 aliphatic carbocycles. The van der Waals surface area contributed by atoms with Crippen LogP contribution in [0, 0.1) is 0 Å². The lowest BCUT2D eigenvalue weighted by Gasteiger charge is -2.03. The van der Waals surface area contributed by atoms with Crippen LogP contribution in [0.4, 0.5) is 5.13 Å². The van der Waals surface area contributed by atoms with Crippen molar-refractivity contribution in [2.24, 2.45) is 0 Å². The summed E-state index contributed by atoms with van der Waals surface area (Å²) in [5, 5.41) is 4.26. The first-order chi connectivity index (χ1) is 9.26. The predicted molar refractivity (Wildman–Crippen MR) is 77.8 cm³/mol. The third kappa shape index (κ3) is 2.40. The van der Waals surface area contributed by atoms with Gasteiger partial charge in [0.2, 0.25) is 5.88 Å². The minimum absolute atomic E-state index is 0.517. The van der Waals surface area contributed by atoms with E-state index in [0.29, 0.717) is 16.1 Å². The fraction of sp³-hybridized carbons (Fsp3) is 0.0909. The summed E-state index contributed by atoms with van der Waals surface area (Å²) in [5.74, 6) is 0.569. The number of ether oxygens (including phenoxy) is 1. The van der Waals surface area contributed by atoms with Gasteiger partial charge in [-0.25, -0.2) is 15.0 Å². The third-order valence-electron chi connectivity index (χ3n) is 2.39. The molecule has 3 aromatic rings. The quantitative estimate of drug-likeness (QED) is 0.730. The second-order valence-corrected chi connectivity index (χ2v) is 4.96. The first-order valence-electron chi connectivity index (χ1n) is 5.37. The van der Waals surface area contributed by atoms with Gasteiger partial charge >= 0.3 is 0 Å². The Balaban J connectivity index is 1.87. The number of thiazole rings is 1. The van der Waals surface area contributed by atoms with E-state index in [1.807, 2.05) is 6.07 Å². The number of methoxy groups -OCH3 is 1. The van der Waals surface area contributed by atoms with E-state index in [9.17, 15) is 0 Å². The molecule has 0 spiro atoms. The van der Waals surface area contributed by atoms with Gasteiger partial charge in [0.05, 0.1) is 7.11 Å². The molecule has 0 radical (unpaired) electrons. The van der Waals surface area contributed by atoms with Crippen molar-refractivity contribution in [3.05, 3.63) is 30.9 Å². The summed E-state index contributed by atoms with van der Waals surface area (Å²) in [4.78, 5) is 13.5. The van der Waals surface area contributed by atoms with Gasteiger partial charge in [-0.15, -0.1) is 0 Å². The van der Waals surface area contributed by atoms with Crippen molar-refractivity contribution < 1.29 is 4.74 Å². The van der Waals surface area contributed by atoms with E-state index < -0.39 is 0 Å². The first-order valence-corrected chi connectivity index (χ1v) is 6.59. The van der Waals surface area contributed by atoms with Crippen molar-refractivity contribution in [1.82, 2.24) is 19.5 Å². The molecule has 0 saturated carbocycles. The number of hydrogen-bond acceptors (Lipinski definition) is 6. The molecule has 19 heavy (non-hydrogen) atoms. The Morgan fingerprint density at radius 3 is 3.05 bits per heavy atom. The van der Waals surface area contributed by atoms with Gasteiger partial charge in [-0.2, -0.15) is 0 Å². The standard InChI is InChI=1S/C11H9N5OS2/c1-17-8-3-2-7-9(14-8)19-10(13-7)15-11(18)16-5-4-12-6-16/h2-6H,1H3,(H,13,15,18). The zero-order chi connectivity index (χ0) is 13.2. The van der Waals surface area contributed by atoms with Gasteiger partial charge in [0.1, 0.15) is 16.7 Å². The molecule has 0 saturated heterocycles. The lowest BCUT2D eigenvalue weighted by Crippen LogP contribution is -2.17. The smallest absolute Gasteiger partial charge is 0.214 e. The molecule has 0 amide bonds. The highest BCUT2D eigenvalue weighted by atomic mass is 32.1. The maximum Gasteiger partial charge on any atom is 0.214 e. The topological polar surface area (TPSA) is 64.9 Å². The molecule has 1 N–H and O–H groups in total. The van der Waals surface area contributed by atoms with Gasteiger partial charge in [0.15, 0.2) is 10.2 Å². The summed E-state index contributed by atoms with van der Waals surface area (Å²) in [5.41, 5.74) is 0.807. The number of fused-ring (bicyclic) bond motifs is 1. The lowest BCUT2D eigenvalue weighted by atomic mass is 10.4. The molecule has 3 heterocycles. The summed E-state index contributed by atoms with van der Waals surface area (Å²) in [6, 6.07) is 3.64. The molecule has 3 rings (SSSR count). The molecule has 0 aliphatic rings. The maximum absolute atomic E-state index is 5.24. The van der Waals surface area contributed by atoms with Crippen LogP contribution in [0.25, 0.3) is 10.3 Å². The van der Waals surface area contributed by atoms with Crippen LogP contribution >= 0.6 is 23.6 Å². The summed E-state index contributed by atoms with van der Waals surface area (Å²) in [7, 11) is 1.59. The fourth-order valence-corrected chi connectivity index (χ4v) is 2.60. The van der Waals surface area contributed by atoms with Gasteiger partial charge in [-0.05, 0) is 18.3 Å². The summed E-state index contributed by atoms with van der Waals surface area (Å²) >= 11 is 6.66. The summed E-state index contributed by atoms with van der Waals surface area (Å²) in [6.07, 6.45) is 5.06. The van der Waals surface area contributed by atoms with E-state index in [1.54, 1.807) is 36.5 Å². The lowest BCUT2D eigenvalue weighted by molar-refractivity contribution is 0.400. The molecule has 0 atom stereocenters. The van der Waals surface area contributed by atoms with Crippen molar-refractivity contribution >= 4 is 44.1 Å². The molecule has 0 fully saturated rings. The van der Waals surface area contributed by atoms with E-state index in [0.717, 1.165) is 10.3 Å². The number of thiocarbonyl (C=S) groups is 1. The largest absolute Gasteiger partial charge is 0.481 e. The van der Waals surface area contributed by atoms with Crippen molar-refractivity contribution in [2.45, 2.75) is 0 Å². The fourth-order valence-electron chi connectivity index (χ4n) is 1.50. The highest BCUT2D eigenvalue weighted by Crippen LogP contribution is 2.26. The SMILES string of the molecule is COc1ccc2nc(NC(=S)n3ccnc3)sc2n1. The minimum atomic E-state index is 0.517. The van der Waals surface area contributed by atoms with E-state index in [2.05, 4.69) is 20.3 Å². The molecular formula is C11H9N5OS2. The molecule has 96 valence electrons. The average Bonchev–Trinajstić information content (AvgIpc) is 3.06. The summed E-state index contributed by atoms with van der Waals surface area (Å²) < 4.78 is 6.78. The molecule has 8 heteroatoms. The van der Waals surface area contributed by atoms with E-state index in [1.165, 1.54) is 11.3 Å². The van der Waals surface area contributed by atoms with Gasteiger partial charge in [0, 0.05) is 18.5 Å². The first kappa shape index (κ1) is 12.0. The highest BCUT2D eigenvalue weighted by Gasteiger charge is 2.08. The molecule has 6 nitrogen and oxygen atoms in total. The molecule has 0 aliphatic heterocycles. The maximum atomic E-state index is 5.24. The number of rotatable bonds is 2. The Hall–Kier alpha value is -2.06. The van der Waals surface area contributed by atoms with E-state index in [4.69, 9.17) is 17.0 Å². The van der Waals surface area contributed by atoms with Crippen LogP contribution < -0.4 is 10.1 Å². The van der Waals surface area contributed by atoms with Gasteiger partial charge in [-0.3, -0.25) is 4.57 Å². The number of aromatic nitrogens is 4. The Bertz CT molecular complexity index is 722. The zero-order valence-electron chi connectivity index (χ0n) is 9.90. The van der Waals surface area contributed by atoms with Gasteiger partial charge < -0.3 is 10.1 Å². The Morgan fingerprint density at radius 2 is 2.32 bits per heavy atom. The van der Waals surface area contributed by atoms with E-state index in [-0.39, 0.29) is 0 Å². The number of hydrogen-bond donors (Lipinski definition) is 1. The van der Waals surface area contributed by atoms with E-state index >= 15 is 0 Å². The number of nitrogens with zero attached hydrogens (tertiary/aromatic N) is 4. The predicted octanol–water partition coefficient (Wildman–Crippen LogP) is 2.14.